The molecule has 1 aromatic heterocycles. The zero-order chi connectivity index (χ0) is 9.97. The maximum atomic E-state index is 11.5. The van der Waals surface area contributed by atoms with Crippen LogP contribution in [0.3, 0.4) is 0 Å². The zero-order valence-corrected chi connectivity index (χ0v) is 8.37. The molecule has 14 heavy (non-hydrogen) atoms. The lowest BCUT2D eigenvalue weighted by Gasteiger charge is -2.25. The van der Waals surface area contributed by atoms with Gasteiger partial charge >= 0.3 is 0 Å². The molecule has 0 unspecified atom stereocenters. The van der Waals surface area contributed by atoms with E-state index in [1.54, 1.807) is 17.3 Å². The SMILES string of the molecule is O=C1CCCCN1c1cnc(Cl)nc1. The molecule has 5 heteroatoms. The molecule has 1 amide bonds. The molecule has 0 saturated carbocycles. The number of halogens is 1. The lowest BCUT2D eigenvalue weighted by atomic mass is 10.1. The molecule has 0 aliphatic carbocycles. The molecule has 0 aromatic carbocycles. The van der Waals surface area contributed by atoms with Gasteiger partial charge in [-0.05, 0) is 24.4 Å². The molecule has 2 rings (SSSR count). The third kappa shape index (κ3) is 1.85. The second-order valence-electron chi connectivity index (χ2n) is 3.21. The van der Waals surface area contributed by atoms with Gasteiger partial charge < -0.3 is 4.90 Å². The molecule has 0 spiro atoms. The van der Waals surface area contributed by atoms with Crippen molar-refractivity contribution in [2.45, 2.75) is 19.3 Å². The fraction of sp³-hybridized carbons (Fsp3) is 0.444. The molecule has 1 aliphatic rings. The average molecular weight is 212 g/mol. The molecule has 1 saturated heterocycles. The first-order chi connectivity index (χ1) is 6.77. The largest absolute Gasteiger partial charge is 0.310 e. The summed E-state index contributed by atoms with van der Waals surface area (Å²) in [6, 6.07) is 0. The van der Waals surface area contributed by atoms with Crippen LogP contribution in [0.5, 0.6) is 0 Å². The van der Waals surface area contributed by atoms with Crippen molar-refractivity contribution in [1.82, 2.24) is 9.97 Å². The van der Waals surface area contributed by atoms with Gasteiger partial charge in [-0.15, -0.1) is 0 Å². The summed E-state index contributed by atoms with van der Waals surface area (Å²) in [7, 11) is 0. The Labute approximate surface area is 86.9 Å². The standard InChI is InChI=1S/C9H10ClN3O/c10-9-11-5-7(6-12-9)13-4-2-1-3-8(13)14/h5-6H,1-4H2. The summed E-state index contributed by atoms with van der Waals surface area (Å²) in [4.78, 5) is 20.9. The Balaban J connectivity index is 2.20. The third-order valence-corrected chi connectivity index (χ3v) is 2.44. The van der Waals surface area contributed by atoms with Crippen molar-refractivity contribution in [3.63, 3.8) is 0 Å². The zero-order valence-electron chi connectivity index (χ0n) is 7.61. The third-order valence-electron chi connectivity index (χ3n) is 2.24. The van der Waals surface area contributed by atoms with Gasteiger partial charge in [0.2, 0.25) is 11.2 Å². The van der Waals surface area contributed by atoms with Crippen LogP contribution in [0.1, 0.15) is 19.3 Å². The van der Waals surface area contributed by atoms with Gasteiger partial charge in [-0.3, -0.25) is 4.79 Å². The minimum atomic E-state index is 0.141. The predicted octanol–water partition coefficient (Wildman–Crippen LogP) is 1.65. The van der Waals surface area contributed by atoms with E-state index in [1.807, 2.05) is 0 Å². The monoisotopic (exact) mass is 211 g/mol. The van der Waals surface area contributed by atoms with E-state index >= 15 is 0 Å². The highest BCUT2D eigenvalue weighted by Gasteiger charge is 2.19. The number of rotatable bonds is 1. The first-order valence-corrected chi connectivity index (χ1v) is 4.93. The van der Waals surface area contributed by atoms with Crippen molar-refractivity contribution in [3.8, 4) is 0 Å². The van der Waals surface area contributed by atoms with Crippen molar-refractivity contribution in [1.29, 1.82) is 0 Å². The van der Waals surface area contributed by atoms with Crippen LogP contribution in [-0.2, 0) is 4.79 Å². The van der Waals surface area contributed by atoms with E-state index in [4.69, 9.17) is 11.6 Å². The van der Waals surface area contributed by atoms with Crippen LogP contribution in [0, 0.1) is 0 Å². The van der Waals surface area contributed by atoms with Crippen LogP contribution >= 0.6 is 11.6 Å². The van der Waals surface area contributed by atoms with Gasteiger partial charge in [0.1, 0.15) is 0 Å². The summed E-state index contributed by atoms with van der Waals surface area (Å²) in [5.41, 5.74) is 0.735. The van der Waals surface area contributed by atoms with Crippen molar-refractivity contribution in [2.75, 3.05) is 11.4 Å². The smallest absolute Gasteiger partial charge is 0.227 e. The molecular formula is C9H10ClN3O. The Hall–Kier alpha value is -1.16. The molecule has 1 fully saturated rings. The van der Waals surface area contributed by atoms with Gasteiger partial charge in [-0.1, -0.05) is 0 Å². The van der Waals surface area contributed by atoms with Crippen molar-refractivity contribution < 1.29 is 4.79 Å². The van der Waals surface area contributed by atoms with Gasteiger partial charge in [0.25, 0.3) is 0 Å². The molecule has 2 heterocycles. The van der Waals surface area contributed by atoms with E-state index in [1.165, 1.54) is 0 Å². The van der Waals surface area contributed by atoms with Gasteiger partial charge in [0.05, 0.1) is 18.1 Å². The summed E-state index contributed by atoms with van der Waals surface area (Å²) in [6.07, 6.45) is 5.79. The van der Waals surface area contributed by atoms with Crippen molar-refractivity contribution >= 4 is 23.2 Å². The lowest BCUT2D eigenvalue weighted by molar-refractivity contribution is -0.119. The predicted molar refractivity (Wildman–Crippen MR) is 53.2 cm³/mol. The number of hydrogen-bond donors (Lipinski definition) is 0. The minimum Gasteiger partial charge on any atom is -0.310 e. The maximum Gasteiger partial charge on any atom is 0.227 e. The van der Waals surface area contributed by atoms with E-state index in [0.29, 0.717) is 6.42 Å². The van der Waals surface area contributed by atoms with E-state index in [9.17, 15) is 4.79 Å². The summed E-state index contributed by atoms with van der Waals surface area (Å²) < 4.78 is 0. The van der Waals surface area contributed by atoms with E-state index in [0.717, 1.165) is 25.1 Å². The highest BCUT2D eigenvalue weighted by Crippen LogP contribution is 2.19. The normalized spacial score (nSPS) is 17.2. The highest BCUT2D eigenvalue weighted by molar-refractivity contribution is 6.28. The Morgan fingerprint density at radius 1 is 1.29 bits per heavy atom. The number of nitrogens with zero attached hydrogens (tertiary/aromatic N) is 3. The second kappa shape index (κ2) is 3.92. The van der Waals surface area contributed by atoms with Gasteiger partial charge in [0, 0.05) is 13.0 Å². The quantitative estimate of drug-likeness (QED) is 0.664. The maximum absolute atomic E-state index is 11.5. The number of carbonyl (C=O) groups excluding carboxylic acids is 1. The lowest BCUT2D eigenvalue weighted by Crippen LogP contribution is -2.35. The Bertz CT molecular complexity index is 338. The Morgan fingerprint density at radius 2 is 2.00 bits per heavy atom. The van der Waals surface area contributed by atoms with Crippen LogP contribution in [0.15, 0.2) is 12.4 Å². The second-order valence-corrected chi connectivity index (χ2v) is 3.55. The van der Waals surface area contributed by atoms with Crippen molar-refractivity contribution in [3.05, 3.63) is 17.7 Å². The molecule has 4 nitrogen and oxygen atoms in total. The molecule has 0 radical (unpaired) electrons. The first kappa shape index (κ1) is 9.40. The molecule has 1 aromatic rings. The van der Waals surface area contributed by atoms with Crippen LogP contribution < -0.4 is 4.90 Å². The molecule has 1 aliphatic heterocycles. The molecule has 74 valence electrons. The Kier molecular flexibility index (Phi) is 2.63. The topological polar surface area (TPSA) is 46.1 Å². The minimum absolute atomic E-state index is 0.141. The van der Waals surface area contributed by atoms with Crippen LogP contribution in [-0.4, -0.2) is 22.4 Å². The summed E-state index contributed by atoms with van der Waals surface area (Å²) in [6.45, 7) is 0.754. The number of anilines is 1. The van der Waals surface area contributed by atoms with Gasteiger partial charge in [-0.25, -0.2) is 9.97 Å². The van der Waals surface area contributed by atoms with E-state index in [-0.39, 0.29) is 11.2 Å². The summed E-state index contributed by atoms with van der Waals surface area (Å²) >= 11 is 5.56. The Morgan fingerprint density at radius 3 is 2.64 bits per heavy atom. The van der Waals surface area contributed by atoms with Crippen LogP contribution in [0.2, 0.25) is 5.28 Å². The van der Waals surface area contributed by atoms with E-state index < -0.39 is 0 Å². The number of carbonyl (C=O) groups is 1. The fourth-order valence-electron chi connectivity index (χ4n) is 1.52. The molecule has 0 bridgehead atoms. The number of amides is 1. The number of hydrogen-bond acceptors (Lipinski definition) is 3. The number of aromatic nitrogens is 2. The van der Waals surface area contributed by atoms with Crippen LogP contribution in [0.4, 0.5) is 5.69 Å². The van der Waals surface area contributed by atoms with E-state index in [2.05, 4.69) is 9.97 Å². The molecule has 0 atom stereocenters. The van der Waals surface area contributed by atoms with Crippen LogP contribution in [0.25, 0.3) is 0 Å². The summed E-state index contributed by atoms with van der Waals surface area (Å²) in [5, 5.41) is 0.207. The fourth-order valence-corrected chi connectivity index (χ4v) is 1.62. The van der Waals surface area contributed by atoms with Gasteiger partial charge in [0.15, 0.2) is 0 Å². The summed E-state index contributed by atoms with van der Waals surface area (Å²) in [5.74, 6) is 0.141. The molecule has 0 N–H and O–H groups in total. The number of piperidine rings is 1. The first-order valence-electron chi connectivity index (χ1n) is 4.55. The van der Waals surface area contributed by atoms with Crippen molar-refractivity contribution in [2.24, 2.45) is 0 Å². The van der Waals surface area contributed by atoms with Gasteiger partial charge in [-0.2, -0.15) is 0 Å². The average Bonchev–Trinajstić information content (AvgIpc) is 2.20. The molecular weight excluding hydrogens is 202 g/mol. The highest BCUT2D eigenvalue weighted by atomic mass is 35.5.